The van der Waals surface area contributed by atoms with Crippen LogP contribution in [0, 0.1) is 26.7 Å². The number of aryl methyl sites for hydroxylation is 3. The van der Waals surface area contributed by atoms with E-state index in [0.717, 1.165) is 16.8 Å². The van der Waals surface area contributed by atoms with E-state index in [2.05, 4.69) is 10.6 Å². The van der Waals surface area contributed by atoms with E-state index < -0.39 is 16.1 Å². The summed E-state index contributed by atoms with van der Waals surface area (Å²) >= 11 is 0. The van der Waals surface area contributed by atoms with Crippen molar-refractivity contribution in [2.24, 2.45) is 5.92 Å². The minimum absolute atomic E-state index is 0.0764. The summed E-state index contributed by atoms with van der Waals surface area (Å²) in [5.41, 5.74) is 3.82. The highest BCUT2D eigenvalue weighted by Gasteiger charge is 2.34. The highest BCUT2D eigenvalue weighted by molar-refractivity contribution is 7.89. The first-order valence-electron chi connectivity index (χ1n) is 11.1. The van der Waals surface area contributed by atoms with Crippen molar-refractivity contribution in [3.63, 3.8) is 0 Å². The third-order valence-electron chi connectivity index (χ3n) is 6.38. The molecule has 176 valence electrons. The van der Waals surface area contributed by atoms with E-state index in [1.807, 2.05) is 32.0 Å². The molecule has 2 N–H and O–H groups in total. The molecular weight excluding hydrogens is 442 g/mol. The second-order valence-electron chi connectivity index (χ2n) is 8.80. The van der Waals surface area contributed by atoms with Gasteiger partial charge in [-0.2, -0.15) is 4.31 Å². The van der Waals surface area contributed by atoms with Gasteiger partial charge >= 0.3 is 0 Å². The molecule has 2 aromatic carbocycles. The number of ether oxygens (including phenoxy) is 1. The lowest BCUT2D eigenvalue weighted by Gasteiger charge is -2.32. The van der Waals surface area contributed by atoms with Gasteiger partial charge in [0.15, 0.2) is 6.10 Å². The van der Waals surface area contributed by atoms with Crippen LogP contribution in [0.3, 0.4) is 0 Å². The minimum atomic E-state index is -3.77. The molecule has 1 saturated heterocycles. The van der Waals surface area contributed by atoms with Gasteiger partial charge in [0.05, 0.1) is 10.6 Å². The molecule has 0 aromatic heterocycles. The first-order chi connectivity index (χ1) is 15.6. The average molecular weight is 472 g/mol. The summed E-state index contributed by atoms with van der Waals surface area (Å²) in [4.78, 5) is 24.8. The molecule has 33 heavy (non-hydrogen) atoms. The fourth-order valence-electron chi connectivity index (χ4n) is 4.36. The van der Waals surface area contributed by atoms with Gasteiger partial charge in [0, 0.05) is 30.8 Å². The second kappa shape index (κ2) is 8.79. The predicted octanol–water partition coefficient (Wildman–Crippen LogP) is 3.37. The van der Waals surface area contributed by atoms with Crippen LogP contribution in [0.15, 0.2) is 35.2 Å². The SMILES string of the molecule is Cc1cc2c(cc1S(=O)(=O)N1CCC(C(=O)Nc3c(C)cccc3C)CC1)O[C@H](C)C(=O)N2. The fraction of sp³-hybridized carbons (Fsp3) is 0.417. The van der Waals surface area contributed by atoms with E-state index in [1.165, 1.54) is 10.4 Å². The lowest BCUT2D eigenvalue weighted by molar-refractivity contribution is -0.123. The van der Waals surface area contributed by atoms with E-state index >= 15 is 0 Å². The van der Waals surface area contributed by atoms with Gasteiger partial charge in [-0.3, -0.25) is 9.59 Å². The monoisotopic (exact) mass is 471 g/mol. The maximum Gasteiger partial charge on any atom is 0.265 e. The largest absolute Gasteiger partial charge is 0.479 e. The Morgan fingerprint density at radius 2 is 1.73 bits per heavy atom. The van der Waals surface area contributed by atoms with Crippen molar-refractivity contribution in [1.82, 2.24) is 4.31 Å². The van der Waals surface area contributed by atoms with Crippen LogP contribution in [0.5, 0.6) is 5.75 Å². The van der Waals surface area contributed by atoms with E-state index in [0.29, 0.717) is 29.8 Å². The topological polar surface area (TPSA) is 105 Å². The zero-order valence-electron chi connectivity index (χ0n) is 19.3. The second-order valence-corrected chi connectivity index (χ2v) is 10.7. The van der Waals surface area contributed by atoms with Crippen LogP contribution in [0.1, 0.15) is 36.5 Å². The van der Waals surface area contributed by atoms with Gasteiger partial charge in [0.1, 0.15) is 5.75 Å². The molecule has 1 atom stereocenters. The third kappa shape index (κ3) is 4.47. The Balaban J connectivity index is 1.47. The molecule has 0 radical (unpaired) electrons. The van der Waals surface area contributed by atoms with E-state index in [4.69, 9.17) is 4.74 Å². The maximum atomic E-state index is 13.4. The standard InChI is InChI=1S/C24H29N3O5S/c1-14-6-5-7-15(2)22(14)26-24(29)18-8-10-27(11-9-18)33(30,31)21-13-20-19(12-16(21)3)25-23(28)17(4)32-20/h5-7,12-13,17-18H,8-11H2,1-4H3,(H,25,28)(H,26,29)/t17-/m1/s1. The Bertz CT molecular complexity index is 1200. The average Bonchev–Trinajstić information content (AvgIpc) is 2.77. The van der Waals surface area contributed by atoms with Crippen molar-refractivity contribution in [2.45, 2.75) is 51.5 Å². The minimum Gasteiger partial charge on any atom is -0.479 e. The molecule has 9 heteroatoms. The zero-order chi connectivity index (χ0) is 23.9. The quantitative estimate of drug-likeness (QED) is 0.711. The predicted molar refractivity (Wildman–Crippen MR) is 126 cm³/mol. The third-order valence-corrected chi connectivity index (χ3v) is 8.42. The number of carbonyl (C=O) groups is 2. The van der Waals surface area contributed by atoms with Gasteiger partial charge in [-0.15, -0.1) is 0 Å². The van der Waals surface area contributed by atoms with Crippen molar-refractivity contribution in [1.29, 1.82) is 0 Å². The van der Waals surface area contributed by atoms with Crippen LogP contribution in [0.25, 0.3) is 0 Å². The van der Waals surface area contributed by atoms with Gasteiger partial charge in [-0.25, -0.2) is 8.42 Å². The first-order valence-corrected chi connectivity index (χ1v) is 12.5. The maximum absolute atomic E-state index is 13.4. The first kappa shape index (κ1) is 23.3. The van der Waals surface area contributed by atoms with Gasteiger partial charge in [-0.05, 0) is 63.3 Å². The Morgan fingerprint density at radius 1 is 1.09 bits per heavy atom. The molecule has 0 bridgehead atoms. The van der Waals surface area contributed by atoms with Gasteiger partial charge < -0.3 is 15.4 Å². The lowest BCUT2D eigenvalue weighted by atomic mass is 9.96. The highest BCUT2D eigenvalue weighted by atomic mass is 32.2. The van der Waals surface area contributed by atoms with Gasteiger partial charge in [0.25, 0.3) is 5.91 Å². The van der Waals surface area contributed by atoms with E-state index in [-0.39, 0.29) is 35.7 Å². The number of amides is 2. The Morgan fingerprint density at radius 3 is 2.36 bits per heavy atom. The number of benzene rings is 2. The number of anilines is 2. The van der Waals surface area contributed by atoms with Crippen LogP contribution in [-0.2, 0) is 19.6 Å². The molecule has 0 aliphatic carbocycles. The van der Waals surface area contributed by atoms with Crippen LogP contribution in [0.4, 0.5) is 11.4 Å². The van der Waals surface area contributed by atoms with Crippen molar-refractivity contribution in [3.05, 3.63) is 47.0 Å². The molecule has 2 amide bonds. The van der Waals surface area contributed by atoms with Crippen LogP contribution >= 0.6 is 0 Å². The Kier molecular flexibility index (Phi) is 6.20. The number of para-hydroxylation sites is 1. The van der Waals surface area contributed by atoms with Crippen LogP contribution < -0.4 is 15.4 Å². The lowest BCUT2D eigenvalue weighted by Crippen LogP contribution is -2.41. The van der Waals surface area contributed by atoms with Crippen molar-refractivity contribution in [3.8, 4) is 5.75 Å². The smallest absolute Gasteiger partial charge is 0.265 e. The summed E-state index contributed by atoms with van der Waals surface area (Å²) in [6.45, 7) is 7.74. The molecule has 2 heterocycles. The summed E-state index contributed by atoms with van der Waals surface area (Å²) in [6, 6.07) is 8.96. The number of fused-ring (bicyclic) bond motifs is 1. The summed E-state index contributed by atoms with van der Waals surface area (Å²) in [7, 11) is -3.77. The normalized spacial score (nSPS) is 19.4. The number of hydrogen-bond donors (Lipinski definition) is 2. The number of rotatable bonds is 4. The number of nitrogens with zero attached hydrogens (tertiary/aromatic N) is 1. The molecule has 8 nitrogen and oxygen atoms in total. The molecular formula is C24H29N3O5S. The molecule has 2 aliphatic rings. The van der Waals surface area contributed by atoms with Crippen molar-refractivity contribution < 1.29 is 22.7 Å². The van der Waals surface area contributed by atoms with Gasteiger partial charge in [-0.1, -0.05) is 18.2 Å². The Labute approximate surface area is 194 Å². The summed E-state index contributed by atoms with van der Waals surface area (Å²) in [5, 5.41) is 5.76. The molecule has 2 aromatic rings. The molecule has 1 fully saturated rings. The zero-order valence-corrected chi connectivity index (χ0v) is 20.1. The number of nitrogens with one attached hydrogen (secondary N) is 2. The summed E-state index contributed by atoms with van der Waals surface area (Å²) in [6.07, 6.45) is 0.203. The number of sulfonamides is 1. The van der Waals surface area contributed by atoms with Crippen molar-refractivity contribution in [2.75, 3.05) is 23.7 Å². The Hall–Kier alpha value is -2.91. The summed E-state index contributed by atoms with van der Waals surface area (Å²) in [5.74, 6) is -0.250. The van der Waals surface area contributed by atoms with E-state index in [9.17, 15) is 18.0 Å². The van der Waals surface area contributed by atoms with Crippen molar-refractivity contribution >= 4 is 33.2 Å². The number of piperidine rings is 1. The van der Waals surface area contributed by atoms with E-state index in [1.54, 1.807) is 19.9 Å². The molecule has 0 spiro atoms. The molecule has 2 aliphatic heterocycles. The summed E-state index contributed by atoms with van der Waals surface area (Å²) < 4.78 is 33.8. The van der Waals surface area contributed by atoms with Gasteiger partial charge in [0.2, 0.25) is 15.9 Å². The molecule has 4 rings (SSSR count). The fourth-order valence-corrected chi connectivity index (χ4v) is 6.05. The number of hydrogen-bond acceptors (Lipinski definition) is 5. The molecule has 0 saturated carbocycles. The van der Waals surface area contributed by atoms with Crippen LogP contribution in [-0.4, -0.2) is 43.7 Å². The van der Waals surface area contributed by atoms with Crippen LogP contribution in [0.2, 0.25) is 0 Å². The number of carbonyl (C=O) groups excluding carboxylic acids is 2. The highest BCUT2D eigenvalue weighted by Crippen LogP contribution is 2.36. The molecule has 0 unspecified atom stereocenters.